The highest BCUT2D eigenvalue weighted by molar-refractivity contribution is 7.89. The third-order valence-electron chi connectivity index (χ3n) is 4.18. The van der Waals surface area contributed by atoms with Crippen molar-refractivity contribution in [2.45, 2.75) is 30.2 Å². The third-order valence-corrected chi connectivity index (χ3v) is 6.10. The molecule has 1 aliphatic heterocycles. The van der Waals surface area contributed by atoms with Gasteiger partial charge in [-0.15, -0.1) is 0 Å². The van der Waals surface area contributed by atoms with Gasteiger partial charge in [0.05, 0.1) is 4.90 Å². The van der Waals surface area contributed by atoms with Crippen LogP contribution in [-0.2, 0) is 14.8 Å². The van der Waals surface area contributed by atoms with Gasteiger partial charge in [0.2, 0.25) is 10.0 Å². The lowest BCUT2D eigenvalue weighted by Crippen LogP contribution is -2.51. The highest BCUT2D eigenvalue weighted by Gasteiger charge is 2.37. The highest BCUT2D eigenvalue weighted by Crippen LogP contribution is 2.28. The van der Waals surface area contributed by atoms with Crippen molar-refractivity contribution in [1.29, 1.82) is 0 Å². The van der Waals surface area contributed by atoms with Gasteiger partial charge in [-0.2, -0.15) is 4.31 Å². The van der Waals surface area contributed by atoms with Crippen molar-refractivity contribution >= 4 is 15.9 Å². The second kappa shape index (κ2) is 7.81. The maximum Gasteiger partial charge on any atom is 0.261 e. The van der Waals surface area contributed by atoms with E-state index >= 15 is 0 Å². The van der Waals surface area contributed by atoms with Crippen molar-refractivity contribution in [2.24, 2.45) is 0 Å². The number of nitrogens with one attached hydrogen (secondary N) is 1. The summed E-state index contributed by atoms with van der Waals surface area (Å²) in [5.41, 5.74) is 1.55. The molecule has 3 rings (SSSR count). The Hall–Kier alpha value is -2.49. The Morgan fingerprint density at radius 2 is 1.77 bits per heavy atom. The van der Waals surface area contributed by atoms with Gasteiger partial charge in [0, 0.05) is 18.9 Å². The van der Waals surface area contributed by atoms with Crippen LogP contribution in [0.15, 0.2) is 53.7 Å². The van der Waals surface area contributed by atoms with E-state index in [9.17, 15) is 13.2 Å². The monoisotopic (exact) mass is 377 g/mol. The third kappa shape index (κ3) is 3.85. The number of carbonyl (C=O) groups excluding carboxylic acids is 1. The Kier molecular flexibility index (Phi) is 5.50. The van der Waals surface area contributed by atoms with Crippen LogP contribution in [0.2, 0.25) is 0 Å². The number of pyridine rings is 1. The maximum atomic E-state index is 12.9. The summed E-state index contributed by atoms with van der Waals surface area (Å²) in [6, 6.07) is 8.46. The molecule has 0 unspecified atom stereocenters. The number of ether oxygens (including phenoxy) is 1. The van der Waals surface area contributed by atoms with Gasteiger partial charge < -0.3 is 4.74 Å². The van der Waals surface area contributed by atoms with Gasteiger partial charge in [0.15, 0.2) is 0 Å². The first-order valence-corrected chi connectivity index (χ1v) is 9.60. The summed E-state index contributed by atoms with van der Waals surface area (Å²) in [6.07, 6.45) is 4.95. The molecule has 8 nitrogen and oxygen atoms in total. The number of nitrogens with zero attached hydrogens (tertiary/aromatic N) is 2. The molecule has 1 atom stereocenters. The number of hydrogen-bond donors (Lipinski definition) is 2. The number of carbonyl (C=O) groups is 1. The molecule has 1 amide bonds. The van der Waals surface area contributed by atoms with Crippen LogP contribution in [0.25, 0.3) is 0 Å². The summed E-state index contributed by atoms with van der Waals surface area (Å²) in [7, 11) is -3.86. The van der Waals surface area contributed by atoms with Crippen LogP contribution in [0.1, 0.15) is 19.3 Å². The topological polar surface area (TPSA) is 109 Å². The fourth-order valence-electron chi connectivity index (χ4n) is 2.89. The zero-order valence-electron chi connectivity index (χ0n) is 13.9. The molecule has 138 valence electrons. The quantitative estimate of drug-likeness (QED) is 0.609. The lowest BCUT2D eigenvalue weighted by atomic mass is 10.0. The second-order valence-corrected chi connectivity index (χ2v) is 7.75. The number of hydroxylamine groups is 1. The largest absolute Gasteiger partial charge is 0.457 e. The van der Waals surface area contributed by atoms with Crippen molar-refractivity contribution in [2.75, 3.05) is 6.54 Å². The minimum Gasteiger partial charge on any atom is -0.457 e. The normalized spacial score (nSPS) is 18.3. The summed E-state index contributed by atoms with van der Waals surface area (Å²) in [6.45, 7) is 0.232. The molecule has 0 aliphatic carbocycles. The predicted molar refractivity (Wildman–Crippen MR) is 92.2 cm³/mol. The zero-order chi connectivity index (χ0) is 18.6. The van der Waals surface area contributed by atoms with E-state index in [0.717, 1.165) is 10.7 Å². The van der Waals surface area contributed by atoms with Gasteiger partial charge in [-0.05, 0) is 49.2 Å². The molecular formula is C17H19N3O5S. The van der Waals surface area contributed by atoms with Gasteiger partial charge in [0.1, 0.15) is 17.5 Å². The van der Waals surface area contributed by atoms with Crippen LogP contribution in [0.4, 0.5) is 0 Å². The Morgan fingerprint density at radius 1 is 1.12 bits per heavy atom. The van der Waals surface area contributed by atoms with Crippen molar-refractivity contribution in [3.8, 4) is 11.5 Å². The predicted octanol–water partition coefficient (Wildman–Crippen LogP) is 1.92. The van der Waals surface area contributed by atoms with Crippen molar-refractivity contribution in [1.82, 2.24) is 14.8 Å². The Morgan fingerprint density at radius 3 is 2.42 bits per heavy atom. The van der Waals surface area contributed by atoms with Gasteiger partial charge in [-0.25, -0.2) is 13.9 Å². The van der Waals surface area contributed by atoms with Crippen LogP contribution < -0.4 is 10.2 Å². The lowest BCUT2D eigenvalue weighted by Gasteiger charge is -2.33. The summed E-state index contributed by atoms with van der Waals surface area (Å²) < 4.78 is 32.6. The van der Waals surface area contributed by atoms with E-state index in [4.69, 9.17) is 9.94 Å². The maximum absolute atomic E-state index is 12.9. The Bertz CT molecular complexity index is 856. The summed E-state index contributed by atoms with van der Waals surface area (Å²) in [4.78, 5) is 15.8. The van der Waals surface area contributed by atoms with Gasteiger partial charge in [-0.3, -0.25) is 15.0 Å². The smallest absolute Gasteiger partial charge is 0.261 e. The Balaban J connectivity index is 1.81. The van der Waals surface area contributed by atoms with Crippen LogP contribution in [0.3, 0.4) is 0 Å². The molecular weight excluding hydrogens is 358 g/mol. The van der Waals surface area contributed by atoms with E-state index in [-0.39, 0.29) is 11.4 Å². The number of piperidine rings is 1. The van der Waals surface area contributed by atoms with E-state index in [1.807, 2.05) is 0 Å². The summed E-state index contributed by atoms with van der Waals surface area (Å²) in [5.74, 6) is 0.357. The summed E-state index contributed by atoms with van der Waals surface area (Å²) in [5, 5.41) is 8.88. The van der Waals surface area contributed by atoms with Gasteiger partial charge in [-0.1, -0.05) is 6.42 Å². The molecule has 1 aliphatic rings. The minimum absolute atomic E-state index is 0.0669. The lowest BCUT2D eigenvalue weighted by molar-refractivity contribution is -0.134. The fraction of sp³-hybridized carbons (Fsp3) is 0.294. The average molecular weight is 377 g/mol. The van der Waals surface area contributed by atoms with E-state index < -0.39 is 22.0 Å². The molecule has 1 fully saturated rings. The number of rotatable bonds is 5. The first-order chi connectivity index (χ1) is 12.5. The van der Waals surface area contributed by atoms with E-state index in [2.05, 4.69) is 4.98 Å². The Labute approximate surface area is 151 Å². The van der Waals surface area contributed by atoms with Crippen molar-refractivity contribution in [3.63, 3.8) is 0 Å². The molecule has 2 aromatic rings. The summed E-state index contributed by atoms with van der Waals surface area (Å²) >= 11 is 0. The number of aromatic nitrogens is 1. The second-order valence-electron chi connectivity index (χ2n) is 5.86. The van der Waals surface area contributed by atoms with Crippen LogP contribution in [0, 0.1) is 0 Å². The SMILES string of the molecule is O=C(NO)[C@H]1CCCCN1S(=O)(=O)c1ccc(Oc2ccncc2)cc1. The first-order valence-electron chi connectivity index (χ1n) is 8.16. The molecule has 2 N–H and O–H groups in total. The van der Waals surface area contributed by atoms with Crippen molar-refractivity contribution in [3.05, 3.63) is 48.8 Å². The van der Waals surface area contributed by atoms with Crippen LogP contribution in [-0.4, -0.2) is 41.4 Å². The molecule has 26 heavy (non-hydrogen) atoms. The van der Waals surface area contributed by atoms with E-state index in [0.29, 0.717) is 24.3 Å². The average Bonchev–Trinajstić information content (AvgIpc) is 2.68. The fourth-order valence-corrected chi connectivity index (χ4v) is 4.54. The first kappa shape index (κ1) is 18.3. The molecule has 0 radical (unpaired) electrons. The zero-order valence-corrected chi connectivity index (χ0v) is 14.7. The number of sulfonamides is 1. The van der Waals surface area contributed by atoms with Crippen LogP contribution in [0.5, 0.6) is 11.5 Å². The van der Waals surface area contributed by atoms with E-state index in [1.54, 1.807) is 42.1 Å². The number of amides is 1. The van der Waals surface area contributed by atoms with Crippen LogP contribution >= 0.6 is 0 Å². The molecule has 2 heterocycles. The van der Waals surface area contributed by atoms with Gasteiger partial charge in [0.25, 0.3) is 5.91 Å². The molecule has 9 heteroatoms. The minimum atomic E-state index is -3.86. The standard InChI is InChI=1S/C17H19N3O5S/c21-17(19-22)16-3-1-2-12-20(16)26(23,24)15-6-4-13(5-7-15)25-14-8-10-18-11-9-14/h4-11,16,22H,1-3,12H2,(H,19,21)/t16-/m1/s1. The van der Waals surface area contributed by atoms with Crippen molar-refractivity contribution < 1.29 is 23.2 Å². The highest BCUT2D eigenvalue weighted by atomic mass is 32.2. The molecule has 0 saturated carbocycles. The molecule has 0 spiro atoms. The number of benzene rings is 1. The number of hydrogen-bond acceptors (Lipinski definition) is 6. The molecule has 0 bridgehead atoms. The van der Waals surface area contributed by atoms with Gasteiger partial charge >= 0.3 is 0 Å². The molecule has 1 saturated heterocycles. The van der Waals surface area contributed by atoms with E-state index in [1.165, 1.54) is 12.1 Å². The molecule has 1 aromatic carbocycles. The molecule has 1 aromatic heterocycles.